The van der Waals surface area contributed by atoms with Crippen molar-refractivity contribution in [2.45, 2.75) is 278 Å². The number of unbranched alkanes of at least 4 members (excludes halogenated alkanes) is 30. The number of hydrogen-bond donors (Lipinski definition) is 0. The maximum Gasteiger partial charge on any atom is 0.306 e. The normalized spacial score (nSPS) is 12.4. The first-order chi connectivity index (χ1) is 26.9. The Morgan fingerprint density at radius 2 is 0.636 bits per heavy atom. The van der Waals surface area contributed by atoms with Crippen molar-refractivity contribution in [3.8, 4) is 0 Å². The standard InChI is InChI=1S/C49H94O6/c1-5-8-10-12-14-16-17-18-19-20-21-22-23-24-26-28-34-38-42-49(52)55-46(43-53-47(50)40-36-32-27-25-15-13-11-9-6-2)44-54-48(51)41-37-33-30-29-31-35-39-45(4)7-3/h45-46H,5-44H2,1-4H3/t45?,46-/m1/s1. The van der Waals surface area contributed by atoms with Crippen LogP contribution in [0.2, 0.25) is 0 Å². The van der Waals surface area contributed by atoms with Crippen LogP contribution in [0.4, 0.5) is 0 Å². The molecule has 0 N–H and O–H groups in total. The van der Waals surface area contributed by atoms with Crippen molar-refractivity contribution in [1.29, 1.82) is 0 Å². The first-order valence-electron chi connectivity index (χ1n) is 24.4. The molecule has 0 aromatic rings. The molecule has 6 nitrogen and oxygen atoms in total. The van der Waals surface area contributed by atoms with E-state index >= 15 is 0 Å². The molecule has 0 heterocycles. The topological polar surface area (TPSA) is 78.9 Å². The Bertz CT molecular complexity index is 828. The zero-order chi connectivity index (χ0) is 40.3. The summed E-state index contributed by atoms with van der Waals surface area (Å²) in [6.45, 7) is 8.97. The van der Waals surface area contributed by atoms with Crippen LogP contribution in [0.15, 0.2) is 0 Å². The number of carbonyl (C=O) groups is 3. The van der Waals surface area contributed by atoms with Gasteiger partial charge in [-0.05, 0) is 25.2 Å². The number of hydrogen-bond acceptors (Lipinski definition) is 6. The molecule has 0 aliphatic carbocycles. The molecule has 2 atom stereocenters. The fourth-order valence-electron chi connectivity index (χ4n) is 7.30. The lowest BCUT2D eigenvalue weighted by molar-refractivity contribution is -0.167. The third-order valence-corrected chi connectivity index (χ3v) is 11.4. The van der Waals surface area contributed by atoms with Gasteiger partial charge in [-0.2, -0.15) is 0 Å². The smallest absolute Gasteiger partial charge is 0.306 e. The zero-order valence-electron chi connectivity index (χ0n) is 37.4. The molecule has 0 saturated heterocycles. The van der Waals surface area contributed by atoms with E-state index in [1.54, 1.807) is 0 Å². The second kappa shape index (κ2) is 43.5. The minimum Gasteiger partial charge on any atom is -0.462 e. The predicted octanol–water partition coefficient (Wildman–Crippen LogP) is 15.5. The van der Waals surface area contributed by atoms with E-state index < -0.39 is 6.10 Å². The van der Waals surface area contributed by atoms with Crippen molar-refractivity contribution in [1.82, 2.24) is 0 Å². The third kappa shape index (κ3) is 41.9. The Kier molecular flexibility index (Phi) is 42.3. The lowest BCUT2D eigenvalue weighted by Gasteiger charge is -2.18. The van der Waals surface area contributed by atoms with Crippen molar-refractivity contribution in [3.63, 3.8) is 0 Å². The Hall–Kier alpha value is -1.59. The van der Waals surface area contributed by atoms with Crippen molar-refractivity contribution in [3.05, 3.63) is 0 Å². The Labute approximate surface area is 342 Å². The van der Waals surface area contributed by atoms with Crippen molar-refractivity contribution in [2.75, 3.05) is 13.2 Å². The summed E-state index contributed by atoms with van der Waals surface area (Å²) >= 11 is 0. The highest BCUT2D eigenvalue weighted by atomic mass is 16.6. The molecule has 0 radical (unpaired) electrons. The third-order valence-electron chi connectivity index (χ3n) is 11.4. The highest BCUT2D eigenvalue weighted by Crippen LogP contribution is 2.17. The van der Waals surface area contributed by atoms with Gasteiger partial charge in [-0.25, -0.2) is 0 Å². The van der Waals surface area contributed by atoms with Gasteiger partial charge in [-0.3, -0.25) is 14.4 Å². The molecule has 326 valence electrons. The van der Waals surface area contributed by atoms with Gasteiger partial charge in [0.2, 0.25) is 0 Å². The Balaban J connectivity index is 4.25. The first-order valence-corrected chi connectivity index (χ1v) is 24.4. The molecule has 0 aliphatic heterocycles. The van der Waals surface area contributed by atoms with Crippen molar-refractivity contribution < 1.29 is 28.6 Å². The molecule has 0 aromatic heterocycles. The van der Waals surface area contributed by atoms with E-state index in [9.17, 15) is 14.4 Å². The van der Waals surface area contributed by atoms with E-state index in [4.69, 9.17) is 14.2 Å². The van der Waals surface area contributed by atoms with Crippen LogP contribution < -0.4 is 0 Å². The van der Waals surface area contributed by atoms with Gasteiger partial charge in [0.05, 0.1) is 0 Å². The number of carbonyl (C=O) groups excluding carboxylic acids is 3. The summed E-state index contributed by atoms with van der Waals surface area (Å²) in [7, 11) is 0. The van der Waals surface area contributed by atoms with Gasteiger partial charge in [-0.15, -0.1) is 0 Å². The van der Waals surface area contributed by atoms with Crippen LogP contribution in [0.1, 0.15) is 272 Å². The maximum atomic E-state index is 12.7. The summed E-state index contributed by atoms with van der Waals surface area (Å²) in [6, 6.07) is 0. The van der Waals surface area contributed by atoms with Crippen LogP contribution in [0.5, 0.6) is 0 Å². The lowest BCUT2D eigenvalue weighted by atomic mass is 10.00. The van der Waals surface area contributed by atoms with Crippen LogP contribution in [0.3, 0.4) is 0 Å². The first kappa shape index (κ1) is 53.4. The summed E-state index contributed by atoms with van der Waals surface area (Å²) in [4.78, 5) is 37.7. The molecule has 6 heteroatoms. The number of rotatable bonds is 44. The van der Waals surface area contributed by atoms with Gasteiger partial charge in [0.25, 0.3) is 0 Å². The highest BCUT2D eigenvalue weighted by molar-refractivity contribution is 5.71. The predicted molar refractivity (Wildman–Crippen MR) is 233 cm³/mol. The minimum atomic E-state index is -0.760. The van der Waals surface area contributed by atoms with Crippen molar-refractivity contribution >= 4 is 17.9 Å². The average molecular weight is 779 g/mol. The molecule has 1 unspecified atom stereocenters. The summed E-state index contributed by atoms with van der Waals surface area (Å²) < 4.78 is 16.7. The largest absolute Gasteiger partial charge is 0.462 e. The Morgan fingerprint density at radius 1 is 0.364 bits per heavy atom. The van der Waals surface area contributed by atoms with Gasteiger partial charge in [0.15, 0.2) is 6.10 Å². The van der Waals surface area contributed by atoms with Gasteiger partial charge < -0.3 is 14.2 Å². The van der Waals surface area contributed by atoms with Gasteiger partial charge >= 0.3 is 17.9 Å². The van der Waals surface area contributed by atoms with E-state index in [1.807, 2.05) is 0 Å². The molecule has 0 amide bonds. The monoisotopic (exact) mass is 779 g/mol. The maximum absolute atomic E-state index is 12.7. The summed E-state index contributed by atoms with van der Waals surface area (Å²) in [5.41, 5.74) is 0. The fraction of sp³-hybridized carbons (Fsp3) is 0.939. The SMILES string of the molecule is CCCCCCCCCCCCCCCCCCCCC(=O)O[C@H](COC(=O)CCCCCCCCCCC)COC(=O)CCCCCCCCC(C)CC. The van der Waals surface area contributed by atoms with E-state index in [-0.39, 0.29) is 31.1 Å². The molecular formula is C49H94O6. The lowest BCUT2D eigenvalue weighted by Crippen LogP contribution is -2.30. The fourth-order valence-corrected chi connectivity index (χ4v) is 7.30. The summed E-state index contributed by atoms with van der Waals surface area (Å²) in [5.74, 6) is -0.0409. The van der Waals surface area contributed by atoms with Crippen LogP contribution in [-0.2, 0) is 28.6 Å². The molecule has 0 rings (SSSR count). The van der Waals surface area contributed by atoms with Gasteiger partial charge in [0.1, 0.15) is 13.2 Å². The summed E-state index contributed by atoms with van der Waals surface area (Å²) in [5, 5.41) is 0. The van der Waals surface area contributed by atoms with E-state index in [1.165, 1.54) is 167 Å². The molecule has 0 bridgehead atoms. The molecule has 0 aromatic carbocycles. The number of esters is 3. The number of ether oxygens (including phenoxy) is 3. The van der Waals surface area contributed by atoms with Crippen LogP contribution in [0.25, 0.3) is 0 Å². The molecule has 0 spiro atoms. The van der Waals surface area contributed by atoms with Crippen LogP contribution >= 0.6 is 0 Å². The zero-order valence-corrected chi connectivity index (χ0v) is 37.4. The quantitative estimate of drug-likeness (QED) is 0.0348. The van der Waals surface area contributed by atoms with E-state index in [0.717, 1.165) is 63.7 Å². The van der Waals surface area contributed by atoms with Gasteiger partial charge in [-0.1, -0.05) is 233 Å². The van der Waals surface area contributed by atoms with E-state index in [0.29, 0.717) is 19.3 Å². The second-order valence-corrected chi connectivity index (χ2v) is 17.0. The second-order valence-electron chi connectivity index (χ2n) is 17.0. The highest BCUT2D eigenvalue weighted by Gasteiger charge is 2.19. The van der Waals surface area contributed by atoms with Crippen LogP contribution in [0, 0.1) is 5.92 Å². The molecule has 0 aliphatic rings. The Morgan fingerprint density at radius 3 is 0.945 bits per heavy atom. The average Bonchev–Trinajstić information content (AvgIpc) is 3.18. The van der Waals surface area contributed by atoms with Crippen LogP contribution in [-0.4, -0.2) is 37.2 Å². The molecule has 55 heavy (non-hydrogen) atoms. The van der Waals surface area contributed by atoms with E-state index in [2.05, 4.69) is 27.7 Å². The molecular weight excluding hydrogens is 685 g/mol. The van der Waals surface area contributed by atoms with Gasteiger partial charge in [0, 0.05) is 19.3 Å². The minimum absolute atomic E-state index is 0.0644. The summed E-state index contributed by atoms with van der Waals surface area (Å²) in [6.07, 6.45) is 43.8. The van der Waals surface area contributed by atoms with Crippen molar-refractivity contribution in [2.24, 2.45) is 5.92 Å². The molecule has 0 saturated carbocycles. The molecule has 0 fully saturated rings.